The monoisotopic (exact) mass is 613 g/mol. The highest BCUT2D eigenvalue weighted by atomic mass is 15.1. The molecule has 0 unspecified atom stereocenters. The van der Waals surface area contributed by atoms with Gasteiger partial charge in [-0.3, -0.25) is 4.57 Å². The van der Waals surface area contributed by atoms with Gasteiger partial charge in [-0.15, -0.1) is 0 Å². The summed E-state index contributed by atoms with van der Waals surface area (Å²) in [6.45, 7) is 4.70. The summed E-state index contributed by atoms with van der Waals surface area (Å²) >= 11 is 0. The van der Waals surface area contributed by atoms with Crippen LogP contribution in [0.15, 0.2) is 152 Å². The molecule has 10 rings (SSSR count). The minimum absolute atomic E-state index is 0.0942. The van der Waals surface area contributed by atoms with Gasteiger partial charge in [-0.2, -0.15) is 0 Å². The van der Waals surface area contributed by atoms with Crippen molar-refractivity contribution in [3.8, 4) is 39.3 Å². The fraction of sp³-hybridized carbons (Fsp3) is 0.0667. The molecule has 2 heterocycles. The first-order chi connectivity index (χ1) is 23.6. The van der Waals surface area contributed by atoms with Crippen molar-refractivity contribution in [3.05, 3.63) is 163 Å². The average Bonchev–Trinajstić information content (AvgIpc) is 3.60. The van der Waals surface area contributed by atoms with Crippen molar-refractivity contribution in [2.75, 3.05) is 0 Å². The van der Waals surface area contributed by atoms with Gasteiger partial charge in [0, 0.05) is 32.7 Å². The van der Waals surface area contributed by atoms with Crippen molar-refractivity contribution < 1.29 is 0 Å². The van der Waals surface area contributed by atoms with Crippen LogP contribution in [0.25, 0.3) is 82.9 Å². The van der Waals surface area contributed by atoms with E-state index in [1.807, 2.05) is 12.1 Å². The number of benzene rings is 7. The summed E-state index contributed by atoms with van der Waals surface area (Å²) in [5.74, 6) is 0.831. The predicted molar refractivity (Wildman–Crippen MR) is 200 cm³/mol. The molecule has 0 bridgehead atoms. The maximum absolute atomic E-state index is 5.44. The maximum atomic E-state index is 5.44. The van der Waals surface area contributed by atoms with Crippen molar-refractivity contribution in [2.45, 2.75) is 19.3 Å². The second-order valence-corrected chi connectivity index (χ2v) is 13.4. The van der Waals surface area contributed by atoms with Gasteiger partial charge in [0.25, 0.3) is 0 Å². The first kappa shape index (κ1) is 27.1. The van der Waals surface area contributed by atoms with Crippen LogP contribution in [0.4, 0.5) is 0 Å². The summed E-state index contributed by atoms with van der Waals surface area (Å²) < 4.78 is 2.40. The van der Waals surface area contributed by atoms with E-state index in [1.54, 1.807) is 0 Å². The topological polar surface area (TPSA) is 30.7 Å². The Hall–Kier alpha value is -6.06. The van der Waals surface area contributed by atoms with Crippen LogP contribution in [-0.4, -0.2) is 14.5 Å². The minimum atomic E-state index is -0.0942. The molecule has 0 radical (unpaired) electrons. The number of fused-ring (bicyclic) bond motifs is 9. The van der Waals surface area contributed by atoms with Gasteiger partial charge in [-0.25, -0.2) is 9.97 Å². The molecular weight excluding hydrogens is 583 g/mol. The van der Waals surface area contributed by atoms with Crippen LogP contribution >= 0.6 is 0 Å². The minimum Gasteiger partial charge on any atom is -0.291 e. The lowest BCUT2D eigenvalue weighted by Gasteiger charge is -2.22. The predicted octanol–water partition coefficient (Wildman–Crippen LogP) is 11.5. The van der Waals surface area contributed by atoms with Gasteiger partial charge >= 0.3 is 0 Å². The standard InChI is InChI=1S/C45H31N3/c1-45(2)37-20-9-8-17-33(37)34-25-24-30(27-38(34)45)32-18-12-19-35-36-26-23-28-13-6-7-16-31(28)42(36)48(43(32)35)44-41(29-14-4-3-5-15-29)46-39-21-10-11-22-40(39)47-44/h3-27H,1-2H3. The largest absolute Gasteiger partial charge is 0.291 e. The Kier molecular flexibility index (Phi) is 5.63. The Balaban J connectivity index is 1.36. The highest BCUT2D eigenvalue weighted by Gasteiger charge is 2.35. The van der Waals surface area contributed by atoms with Crippen LogP contribution in [0.2, 0.25) is 0 Å². The number of aromatic nitrogens is 3. The molecule has 0 fully saturated rings. The first-order valence-electron chi connectivity index (χ1n) is 16.6. The van der Waals surface area contributed by atoms with Gasteiger partial charge in [0.15, 0.2) is 5.82 Å². The molecule has 9 aromatic rings. The van der Waals surface area contributed by atoms with Crippen LogP contribution in [0, 0.1) is 0 Å². The van der Waals surface area contributed by atoms with Crippen molar-refractivity contribution in [2.24, 2.45) is 0 Å². The Morgan fingerprint density at radius 1 is 0.458 bits per heavy atom. The van der Waals surface area contributed by atoms with Crippen molar-refractivity contribution in [1.29, 1.82) is 0 Å². The van der Waals surface area contributed by atoms with E-state index in [2.05, 4.69) is 158 Å². The third-order valence-corrected chi connectivity index (χ3v) is 10.4. The Morgan fingerprint density at radius 2 is 1.12 bits per heavy atom. The van der Waals surface area contributed by atoms with Crippen LogP contribution < -0.4 is 0 Å². The summed E-state index contributed by atoms with van der Waals surface area (Å²) in [4.78, 5) is 10.7. The van der Waals surface area contributed by atoms with Gasteiger partial charge < -0.3 is 0 Å². The van der Waals surface area contributed by atoms with E-state index in [-0.39, 0.29) is 5.41 Å². The fourth-order valence-corrected chi connectivity index (χ4v) is 8.08. The third-order valence-electron chi connectivity index (χ3n) is 10.4. The second kappa shape index (κ2) is 9.97. The van der Waals surface area contributed by atoms with Gasteiger partial charge in [-0.05, 0) is 51.4 Å². The van der Waals surface area contributed by atoms with Crippen molar-refractivity contribution >= 4 is 43.6 Å². The number of hydrogen-bond acceptors (Lipinski definition) is 2. The molecule has 0 saturated carbocycles. The van der Waals surface area contributed by atoms with E-state index in [9.17, 15) is 0 Å². The lowest BCUT2D eigenvalue weighted by atomic mass is 9.81. The molecule has 0 aliphatic heterocycles. The highest BCUT2D eigenvalue weighted by Crippen LogP contribution is 2.50. The van der Waals surface area contributed by atoms with E-state index in [0.29, 0.717) is 0 Å². The van der Waals surface area contributed by atoms with Gasteiger partial charge in [0.1, 0.15) is 5.69 Å². The highest BCUT2D eigenvalue weighted by molar-refractivity contribution is 6.21. The molecule has 3 nitrogen and oxygen atoms in total. The fourth-order valence-electron chi connectivity index (χ4n) is 8.08. The van der Waals surface area contributed by atoms with Gasteiger partial charge in [0.2, 0.25) is 0 Å². The number of rotatable bonds is 3. The van der Waals surface area contributed by atoms with E-state index in [4.69, 9.17) is 9.97 Å². The molecule has 0 amide bonds. The van der Waals surface area contributed by atoms with Crippen LogP contribution in [0.3, 0.4) is 0 Å². The van der Waals surface area contributed by atoms with Gasteiger partial charge in [0.05, 0.1) is 22.1 Å². The molecule has 7 aromatic carbocycles. The van der Waals surface area contributed by atoms with E-state index in [0.717, 1.165) is 39.1 Å². The zero-order chi connectivity index (χ0) is 32.0. The Bertz CT molecular complexity index is 2750. The van der Waals surface area contributed by atoms with E-state index in [1.165, 1.54) is 54.9 Å². The lowest BCUT2D eigenvalue weighted by molar-refractivity contribution is 0.660. The number of hydrogen-bond donors (Lipinski definition) is 0. The molecule has 226 valence electrons. The van der Waals surface area contributed by atoms with Crippen LogP contribution in [-0.2, 0) is 5.41 Å². The van der Waals surface area contributed by atoms with Crippen molar-refractivity contribution in [3.63, 3.8) is 0 Å². The summed E-state index contributed by atoms with van der Waals surface area (Å²) in [6.07, 6.45) is 0. The smallest absolute Gasteiger partial charge is 0.165 e. The molecule has 0 N–H and O–H groups in total. The average molecular weight is 614 g/mol. The SMILES string of the molecule is CC1(C)c2ccccc2-c2ccc(-c3cccc4c5ccc6ccccc6c5n(-c5nc6ccccc6nc5-c5ccccc5)c34)cc21. The van der Waals surface area contributed by atoms with Crippen molar-refractivity contribution in [1.82, 2.24) is 14.5 Å². The summed E-state index contributed by atoms with van der Waals surface area (Å²) in [7, 11) is 0. The molecular formula is C45H31N3. The van der Waals surface area contributed by atoms with Gasteiger partial charge in [-0.1, -0.05) is 147 Å². The molecule has 1 aliphatic rings. The lowest BCUT2D eigenvalue weighted by Crippen LogP contribution is -2.14. The first-order valence-corrected chi connectivity index (χ1v) is 16.6. The normalized spacial score (nSPS) is 13.4. The van der Waals surface area contributed by atoms with E-state index >= 15 is 0 Å². The Morgan fingerprint density at radius 3 is 2.00 bits per heavy atom. The summed E-state index contributed by atoms with van der Waals surface area (Å²) in [5.41, 5.74) is 13.6. The zero-order valence-electron chi connectivity index (χ0n) is 26.8. The van der Waals surface area contributed by atoms with Crippen LogP contribution in [0.1, 0.15) is 25.0 Å². The Labute approximate surface area is 278 Å². The molecule has 1 aliphatic carbocycles. The zero-order valence-corrected chi connectivity index (χ0v) is 26.8. The number of para-hydroxylation sites is 3. The molecule has 48 heavy (non-hydrogen) atoms. The van der Waals surface area contributed by atoms with E-state index < -0.39 is 0 Å². The summed E-state index contributed by atoms with van der Waals surface area (Å²) in [6, 6.07) is 54.5. The second-order valence-electron chi connectivity index (χ2n) is 13.4. The van der Waals surface area contributed by atoms with Crippen LogP contribution in [0.5, 0.6) is 0 Å². The molecule has 0 atom stereocenters. The molecule has 2 aromatic heterocycles. The quantitative estimate of drug-likeness (QED) is 0.198. The maximum Gasteiger partial charge on any atom is 0.165 e. The molecule has 0 saturated heterocycles. The molecule has 0 spiro atoms. The molecule has 3 heteroatoms. The number of nitrogens with zero attached hydrogens (tertiary/aromatic N) is 3. The summed E-state index contributed by atoms with van der Waals surface area (Å²) in [5, 5.41) is 4.79. The third kappa shape index (κ3) is 3.76.